The van der Waals surface area contributed by atoms with Crippen LogP contribution in [0.1, 0.15) is 0 Å². The summed E-state index contributed by atoms with van der Waals surface area (Å²) in [6, 6.07) is 9.36. The van der Waals surface area contributed by atoms with Crippen molar-refractivity contribution in [2.45, 2.75) is 4.90 Å². The summed E-state index contributed by atoms with van der Waals surface area (Å²) in [6.07, 6.45) is 0. The summed E-state index contributed by atoms with van der Waals surface area (Å²) in [7, 11) is -2.19. The standard InChI is InChI=1S/C13H13Cl2N3O2S/c1-17-21(19,20)9-3-5-12(11(16)7-9)18-13-6-8(14)2-4-10(13)15/h2-7,17-18H,16H2,1H3. The predicted octanol–water partition coefficient (Wildman–Crippen LogP) is 3.23. The maximum absolute atomic E-state index is 11.7. The molecule has 5 nitrogen and oxygen atoms in total. The molecule has 0 saturated carbocycles. The third-order valence-corrected chi connectivity index (χ3v) is 4.78. The van der Waals surface area contributed by atoms with E-state index in [1.165, 1.54) is 19.2 Å². The lowest BCUT2D eigenvalue weighted by atomic mass is 10.2. The van der Waals surface area contributed by atoms with E-state index < -0.39 is 10.0 Å². The van der Waals surface area contributed by atoms with E-state index in [2.05, 4.69) is 10.0 Å². The first kappa shape index (κ1) is 15.9. The van der Waals surface area contributed by atoms with Gasteiger partial charge in [-0.05, 0) is 43.4 Å². The Morgan fingerprint density at radius 3 is 2.38 bits per heavy atom. The van der Waals surface area contributed by atoms with Crippen LogP contribution in [0.2, 0.25) is 10.0 Å². The van der Waals surface area contributed by atoms with E-state index in [-0.39, 0.29) is 10.6 Å². The van der Waals surface area contributed by atoms with Gasteiger partial charge >= 0.3 is 0 Å². The Labute approximate surface area is 133 Å². The van der Waals surface area contributed by atoms with Crippen molar-refractivity contribution in [3.8, 4) is 0 Å². The highest BCUT2D eigenvalue weighted by Gasteiger charge is 2.13. The summed E-state index contributed by atoms with van der Waals surface area (Å²) >= 11 is 12.0. The lowest BCUT2D eigenvalue weighted by Gasteiger charge is -2.12. The summed E-state index contributed by atoms with van der Waals surface area (Å²) in [6.45, 7) is 0. The Morgan fingerprint density at radius 2 is 1.76 bits per heavy atom. The molecule has 0 bridgehead atoms. The molecule has 0 saturated heterocycles. The molecule has 0 atom stereocenters. The van der Waals surface area contributed by atoms with Crippen LogP contribution in [-0.4, -0.2) is 15.5 Å². The van der Waals surface area contributed by atoms with E-state index in [4.69, 9.17) is 28.9 Å². The predicted molar refractivity (Wildman–Crippen MR) is 86.8 cm³/mol. The van der Waals surface area contributed by atoms with Crippen LogP contribution in [0.15, 0.2) is 41.3 Å². The van der Waals surface area contributed by atoms with Crippen molar-refractivity contribution < 1.29 is 8.42 Å². The summed E-state index contributed by atoms with van der Waals surface area (Å²) in [5.41, 5.74) is 7.28. The topological polar surface area (TPSA) is 84.2 Å². The molecule has 0 aliphatic carbocycles. The van der Waals surface area contributed by atoms with Crippen LogP contribution in [0.4, 0.5) is 17.1 Å². The first-order valence-corrected chi connectivity index (χ1v) is 8.12. The highest BCUT2D eigenvalue weighted by atomic mass is 35.5. The minimum atomic E-state index is -3.53. The molecule has 2 aromatic carbocycles. The molecule has 8 heteroatoms. The average molecular weight is 346 g/mol. The van der Waals surface area contributed by atoms with Crippen LogP contribution in [0.5, 0.6) is 0 Å². The number of nitrogens with one attached hydrogen (secondary N) is 2. The maximum atomic E-state index is 11.7. The van der Waals surface area contributed by atoms with Gasteiger partial charge in [0.2, 0.25) is 10.0 Å². The van der Waals surface area contributed by atoms with Gasteiger partial charge in [0, 0.05) is 5.02 Å². The maximum Gasteiger partial charge on any atom is 0.240 e. The number of sulfonamides is 1. The van der Waals surface area contributed by atoms with Crippen molar-refractivity contribution in [3.63, 3.8) is 0 Å². The van der Waals surface area contributed by atoms with Crippen molar-refractivity contribution >= 4 is 50.3 Å². The molecule has 2 rings (SSSR count). The number of hydrogen-bond donors (Lipinski definition) is 3. The highest BCUT2D eigenvalue weighted by molar-refractivity contribution is 7.89. The molecule has 4 N–H and O–H groups in total. The fourth-order valence-electron chi connectivity index (χ4n) is 1.68. The van der Waals surface area contributed by atoms with Crippen LogP contribution in [0.25, 0.3) is 0 Å². The van der Waals surface area contributed by atoms with E-state index in [1.54, 1.807) is 24.3 Å². The molecule has 0 aliphatic heterocycles. The van der Waals surface area contributed by atoms with E-state index in [0.29, 0.717) is 21.4 Å². The number of benzene rings is 2. The van der Waals surface area contributed by atoms with Crippen molar-refractivity contribution in [2.75, 3.05) is 18.1 Å². The molecular weight excluding hydrogens is 333 g/mol. The van der Waals surface area contributed by atoms with E-state index in [9.17, 15) is 8.42 Å². The Kier molecular flexibility index (Phi) is 4.63. The molecule has 0 aromatic heterocycles. The Bertz CT molecular complexity index is 779. The lowest BCUT2D eigenvalue weighted by molar-refractivity contribution is 0.588. The monoisotopic (exact) mass is 345 g/mol. The smallest absolute Gasteiger partial charge is 0.240 e. The summed E-state index contributed by atoms with van der Waals surface area (Å²) in [5, 5.41) is 4.02. The second-order valence-electron chi connectivity index (χ2n) is 4.21. The van der Waals surface area contributed by atoms with Crippen molar-refractivity contribution in [2.24, 2.45) is 0 Å². The zero-order chi connectivity index (χ0) is 15.6. The number of halogens is 2. The third-order valence-electron chi connectivity index (χ3n) is 2.80. The molecule has 0 heterocycles. The fourth-order valence-corrected chi connectivity index (χ4v) is 2.78. The lowest BCUT2D eigenvalue weighted by Crippen LogP contribution is -2.18. The zero-order valence-corrected chi connectivity index (χ0v) is 13.4. The first-order valence-electron chi connectivity index (χ1n) is 5.88. The van der Waals surface area contributed by atoms with Crippen LogP contribution < -0.4 is 15.8 Å². The van der Waals surface area contributed by atoms with Gasteiger partial charge in [-0.1, -0.05) is 23.2 Å². The largest absolute Gasteiger partial charge is 0.397 e. The normalized spacial score (nSPS) is 11.4. The number of nitrogen functional groups attached to an aromatic ring is 1. The van der Waals surface area contributed by atoms with Gasteiger partial charge in [-0.3, -0.25) is 0 Å². The fraction of sp³-hybridized carbons (Fsp3) is 0.0769. The van der Waals surface area contributed by atoms with Gasteiger partial charge in [0.25, 0.3) is 0 Å². The number of anilines is 3. The second kappa shape index (κ2) is 6.11. The minimum absolute atomic E-state index is 0.0882. The molecule has 2 aromatic rings. The van der Waals surface area contributed by atoms with Gasteiger partial charge < -0.3 is 11.1 Å². The van der Waals surface area contributed by atoms with Gasteiger partial charge in [0.15, 0.2) is 0 Å². The quantitative estimate of drug-likeness (QED) is 0.742. The SMILES string of the molecule is CNS(=O)(=O)c1ccc(Nc2cc(Cl)ccc2Cl)c(N)c1. The average Bonchev–Trinajstić information content (AvgIpc) is 2.44. The molecule has 0 spiro atoms. The molecule has 0 radical (unpaired) electrons. The zero-order valence-electron chi connectivity index (χ0n) is 11.0. The Balaban J connectivity index is 2.36. The second-order valence-corrected chi connectivity index (χ2v) is 6.94. The van der Waals surface area contributed by atoms with Crippen LogP contribution >= 0.6 is 23.2 Å². The van der Waals surface area contributed by atoms with Crippen LogP contribution in [0, 0.1) is 0 Å². The molecule has 112 valence electrons. The van der Waals surface area contributed by atoms with Gasteiger partial charge in [-0.2, -0.15) is 0 Å². The van der Waals surface area contributed by atoms with Crippen LogP contribution in [-0.2, 0) is 10.0 Å². The Hall–Kier alpha value is -1.47. The van der Waals surface area contributed by atoms with Crippen molar-refractivity contribution in [3.05, 3.63) is 46.4 Å². The molecular formula is C13H13Cl2N3O2S. The van der Waals surface area contributed by atoms with E-state index >= 15 is 0 Å². The van der Waals surface area contributed by atoms with Crippen molar-refractivity contribution in [1.29, 1.82) is 0 Å². The number of nitrogens with two attached hydrogens (primary N) is 1. The molecule has 0 aliphatic rings. The van der Waals surface area contributed by atoms with Gasteiger partial charge in [-0.15, -0.1) is 0 Å². The molecule has 0 fully saturated rings. The Morgan fingerprint density at radius 1 is 1.05 bits per heavy atom. The third kappa shape index (κ3) is 3.59. The van der Waals surface area contributed by atoms with E-state index in [0.717, 1.165) is 0 Å². The van der Waals surface area contributed by atoms with E-state index in [1.807, 2.05) is 0 Å². The summed E-state index contributed by atoms with van der Waals surface area (Å²) in [5.74, 6) is 0. The molecule has 0 amide bonds. The van der Waals surface area contributed by atoms with Crippen molar-refractivity contribution in [1.82, 2.24) is 4.72 Å². The highest BCUT2D eigenvalue weighted by Crippen LogP contribution is 2.31. The summed E-state index contributed by atoms with van der Waals surface area (Å²) in [4.78, 5) is 0.0882. The first-order chi connectivity index (χ1) is 9.83. The number of hydrogen-bond acceptors (Lipinski definition) is 4. The van der Waals surface area contributed by atoms with Crippen LogP contribution in [0.3, 0.4) is 0 Å². The minimum Gasteiger partial charge on any atom is -0.397 e. The van der Waals surface area contributed by atoms with Gasteiger partial charge in [0.05, 0.1) is 27.0 Å². The molecule has 0 unspecified atom stereocenters. The summed E-state index contributed by atoms with van der Waals surface area (Å²) < 4.78 is 25.6. The van der Waals surface area contributed by atoms with Gasteiger partial charge in [-0.25, -0.2) is 13.1 Å². The van der Waals surface area contributed by atoms with Gasteiger partial charge in [0.1, 0.15) is 0 Å². The number of rotatable bonds is 4. The molecule has 21 heavy (non-hydrogen) atoms.